The Labute approximate surface area is 342 Å². The van der Waals surface area contributed by atoms with Crippen LogP contribution in [0.15, 0.2) is 63.8 Å². The Kier molecular flexibility index (Phi) is 16.7. The Bertz CT molecular complexity index is 1830. The maximum absolute atomic E-state index is 13.1. The lowest BCUT2D eigenvalue weighted by molar-refractivity contribution is -0.935. The number of carbonyl (C=O) groups excluding carboxylic acids is 3. The standard InChI is InChI=1S/C33H39Cl2N5O9S4.ClH/c34-23-3-4-25(35)26(17-23)51-21-28(42)37-29-31(43)39-30(33(44)45)22(20-52-32(29)39)19-50-24-5-8-38(9-6-24)18-27(41)36-7-1-10-40(12-14-49-15-13-40)11-2-16-53(46,47)48;/h3-6,8-9,17,29,32H,1-2,7,10-16,18-21H2,(H2-2,36,37,41,42,44,45,46,47,48);1H/p+2/t29-,32+;/m0./s1. The van der Waals surface area contributed by atoms with E-state index in [1.54, 1.807) is 35.2 Å². The smallest absolute Gasteiger partial charge is 0.352 e. The number of hydrogen-bond donors (Lipinski definition) is 4. The van der Waals surface area contributed by atoms with E-state index in [1.807, 2.05) is 12.1 Å². The molecule has 5 rings (SSSR count). The normalized spacial score (nSPS) is 19.3. The molecule has 3 aliphatic heterocycles. The van der Waals surface area contributed by atoms with Crippen molar-refractivity contribution in [2.24, 2.45) is 0 Å². The molecule has 296 valence electrons. The summed E-state index contributed by atoms with van der Waals surface area (Å²) in [6.45, 7) is 4.65. The third kappa shape index (κ3) is 12.4. The molecule has 2 aromatic rings. The first kappa shape index (κ1) is 44.5. The number of nitrogens with zero attached hydrogens (tertiary/aromatic N) is 3. The summed E-state index contributed by atoms with van der Waals surface area (Å²) in [4.78, 5) is 53.5. The van der Waals surface area contributed by atoms with Crippen molar-refractivity contribution in [1.29, 1.82) is 0 Å². The van der Waals surface area contributed by atoms with Crippen LogP contribution in [0.25, 0.3) is 0 Å². The average molecular weight is 887 g/mol. The summed E-state index contributed by atoms with van der Waals surface area (Å²) >= 11 is 16.2. The molecule has 21 heteroatoms. The van der Waals surface area contributed by atoms with Crippen molar-refractivity contribution in [3.05, 3.63) is 64.0 Å². The van der Waals surface area contributed by atoms with Crippen LogP contribution in [-0.4, -0.2) is 132 Å². The molecule has 4 heterocycles. The van der Waals surface area contributed by atoms with Crippen LogP contribution in [0.3, 0.4) is 0 Å². The van der Waals surface area contributed by atoms with Gasteiger partial charge in [0.05, 0.1) is 42.8 Å². The first-order valence-corrected chi connectivity index (χ1v) is 22.2. The number of hydrogen-bond acceptors (Lipinski definition) is 10. The summed E-state index contributed by atoms with van der Waals surface area (Å²) in [6, 6.07) is 7.79. The molecule has 0 aliphatic carbocycles. The zero-order valence-corrected chi connectivity index (χ0v) is 34.6. The number of pyridine rings is 1. The molecule has 3 amide bonds. The van der Waals surface area contributed by atoms with E-state index in [2.05, 4.69) is 10.6 Å². The van der Waals surface area contributed by atoms with E-state index >= 15 is 0 Å². The molecule has 0 spiro atoms. The Balaban J connectivity index is 0.00000650. The van der Waals surface area contributed by atoms with Gasteiger partial charge in [0.25, 0.3) is 21.9 Å². The van der Waals surface area contributed by atoms with Crippen LogP contribution in [0.1, 0.15) is 12.8 Å². The van der Waals surface area contributed by atoms with E-state index in [4.69, 9.17) is 32.5 Å². The number of carboxylic acids is 1. The molecule has 54 heavy (non-hydrogen) atoms. The van der Waals surface area contributed by atoms with Crippen LogP contribution >= 0.6 is 70.9 Å². The van der Waals surface area contributed by atoms with Gasteiger partial charge < -0.3 is 25.0 Å². The summed E-state index contributed by atoms with van der Waals surface area (Å²) in [5.41, 5.74) is 0.544. The Morgan fingerprint density at radius 3 is 2.44 bits per heavy atom. The molecule has 1 aromatic carbocycles. The molecule has 0 unspecified atom stereocenters. The number of halogens is 3. The Hall–Kier alpha value is -2.26. The van der Waals surface area contributed by atoms with E-state index in [0.29, 0.717) is 75.6 Å². The van der Waals surface area contributed by atoms with Gasteiger partial charge in [-0.15, -0.1) is 47.7 Å². The molecule has 1 aromatic heterocycles. The Morgan fingerprint density at radius 1 is 1.06 bits per heavy atom. The molecule has 2 fully saturated rings. The van der Waals surface area contributed by atoms with E-state index < -0.39 is 33.4 Å². The van der Waals surface area contributed by atoms with Gasteiger partial charge in [0.2, 0.25) is 12.5 Å². The number of thioether (sulfide) groups is 3. The Morgan fingerprint density at radius 2 is 1.76 bits per heavy atom. The fraction of sp³-hybridized carbons (Fsp3) is 0.485. The lowest BCUT2D eigenvalue weighted by atomic mass is 10.0. The topological polar surface area (TPSA) is 183 Å². The van der Waals surface area contributed by atoms with Crippen molar-refractivity contribution < 1.29 is 51.0 Å². The number of benzene rings is 1. The average Bonchev–Trinajstić information content (AvgIpc) is 3.12. The predicted molar refractivity (Wildman–Crippen MR) is 211 cm³/mol. The summed E-state index contributed by atoms with van der Waals surface area (Å²) < 4.78 is 39.3. The van der Waals surface area contributed by atoms with Crippen LogP contribution in [0.5, 0.6) is 0 Å². The number of quaternary nitrogens is 1. The SMILES string of the molecule is Cl.O=C(C[n+]1ccc(SCC2=C(C(=O)O)N3C(=O)[C@H](NC(=O)CSc4cc(Cl)ccc4Cl)[C@H]3SC2)cc1)NCCC[N+]1(CCCS(=O)(=O)O)CCOCC1. The van der Waals surface area contributed by atoms with Gasteiger partial charge in [-0.3, -0.25) is 23.8 Å². The van der Waals surface area contributed by atoms with Crippen LogP contribution < -0.4 is 15.2 Å². The third-order valence-corrected chi connectivity index (χ3v) is 14.0. The number of ether oxygens (including phenoxy) is 1. The number of nitrogens with one attached hydrogen (secondary N) is 2. The summed E-state index contributed by atoms with van der Waals surface area (Å²) in [7, 11) is -4.01. The van der Waals surface area contributed by atoms with E-state index in [9.17, 15) is 32.7 Å². The third-order valence-electron chi connectivity index (χ3n) is 9.00. The van der Waals surface area contributed by atoms with Crippen LogP contribution in [-0.2, 0) is 40.6 Å². The van der Waals surface area contributed by atoms with E-state index in [-0.39, 0.29) is 48.0 Å². The summed E-state index contributed by atoms with van der Waals surface area (Å²) in [6.07, 6.45) is 4.61. The molecule has 0 saturated carbocycles. The maximum atomic E-state index is 13.1. The first-order valence-electron chi connectivity index (χ1n) is 16.8. The number of carbonyl (C=O) groups is 4. The van der Waals surface area contributed by atoms with Gasteiger partial charge in [0, 0.05) is 57.8 Å². The van der Waals surface area contributed by atoms with Gasteiger partial charge >= 0.3 is 5.97 Å². The van der Waals surface area contributed by atoms with E-state index in [0.717, 1.165) is 24.5 Å². The second kappa shape index (κ2) is 20.2. The number of amides is 3. The van der Waals surface area contributed by atoms with E-state index in [1.165, 1.54) is 40.2 Å². The molecular formula is C33H42Cl3N5O9S4+2. The van der Waals surface area contributed by atoms with Gasteiger partial charge in [-0.05, 0) is 23.8 Å². The predicted octanol–water partition coefficient (Wildman–Crippen LogP) is 2.96. The number of morpholine rings is 1. The summed E-state index contributed by atoms with van der Waals surface area (Å²) in [5.74, 6) is -1.75. The van der Waals surface area contributed by atoms with Gasteiger partial charge in [-0.1, -0.05) is 23.2 Å². The zero-order chi connectivity index (χ0) is 38.2. The number of rotatable bonds is 18. The fourth-order valence-corrected chi connectivity index (χ4v) is 10.5. The molecule has 14 nitrogen and oxygen atoms in total. The van der Waals surface area contributed by atoms with Gasteiger partial charge in [-0.2, -0.15) is 13.0 Å². The number of aliphatic carboxylic acids is 1. The van der Waals surface area contributed by atoms with Gasteiger partial charge in [0.15, 0.2) is 12.4 Å². The minimum absolute atomic E-state index is 0. The minimum Gasteiger partial charge on any atom is -0.477 e. The van der Waals surface area contributed by atoms with Crippen molar-refractivity contribution in [3.8, 4) is 0 Å². The van der Waals surface area contributed by atoms with Crippen molar-refractivity contribution in [2.45, 2.75) is 40.6 Å². The van der Waals surface area contributed by atoms with Crippen LogP contribution in [0.2, 0.25) is 10.0 Å². The quantitative estimate of drug-likeness (QED) is 0.0430. The number of fused-ring (bicyclic) bond motifs is 1. The van der Waals surface area contributed by atoms with Crippen molar-refractivity contribution in [1.82, 2.24) is 15.5 Å². The largest absolute Gasteiger partial charge is 0.477 e. The van der Waals surface area contributed by atoms with Crippen molar-refractivity contribution in [3.63, 3.8) is 0 Å². The fourth-order valence-electron chi connectivity index (χ4n) is 6.29. The zero-order valence-electron chi connectivity index (χ0n) is 29.0. The minimum atomic E-state index is -4.01. The lowest BCUT2D eigenvalue weighted by Crippen LogP contribution is -2.70. The van der Waals surface area contributed by atoms with Crippen molar-refractivity contribution in [2.75, 3.05) is 68.9 Å². The highest BCUT2D eigenvalue weighted by Gasteiger charge is 2.54. The second-order valence-corrected chi connectivity index (χ2v) is 18.3. The molecule has 4 N–H and O–H groups in total. The van der Waals surface area contributed by atoms with Crippen molar-refractivity contribution >= 4 is 105 Å². The highest BCUT2D eigenvalue weighted by atomic mass is 35.5. The number of carboxylic acid groups (broad SMARTS) is 1. The van der Waals surface area contributed by atoms with Crippen LogP contribution in [0, 0.1) is 0 Å². The molecule has 0 bridgehead atoms. The summed E-state index contributed by atoms with van der Waals surface area (Å²) in [5, 5.41) is 16.1. The highest BCUT2D eigenvalue weighted by Crippen LogP contribution is 2.41. The molecule has 2 atom stereocenters. The molecule has 3 aliphatic rings. The first-order chi connectivity index (χ1) is 25.2. The maximum Gasteiger partial charge on any atom is 0.352 e. The van der Waals surface area contributed by atoms with Crippen LogP contribution in [0.4, 0.5) is 0 Å². The highest BCUT2D eigenvalue weighted by molar-refractivity contribution is 8.01. The molecule has 2 saturated heterocycles. The monoisotopic (exact) mass is 885 g/mol. The molecule has 0 radical (unpaired) electrons. The number of β-lactam (4-membered cyclic amide) rings is 1. The number of aromatic nitrogens is 1. The van der Waals surface area contributed by atoms with Gasteiger partial charge in [-0.25, -0.2) is 4.79 Å². The van der Waals surface area contributed by atoms with Gasteiger partial charge in [0.1, 0.15) is 30.2 Å². The second-order valence-electron chi connectivity index (χ2n) is 12.8. The molecular weight excluding hydrogens is 845 g/mol. The lowest BCUT2D eigenvalue weighted by Gasteiger charge is -2.49.